The highest BCUT2D eigenvalue weighted by atomic mass is 16.3. The lowest BCUT2D eigenvalue weighted by Gasteiger charge is -2.35. The third kappa shape index (κ3) is 2.84. The molecule has 0 amide bonds. The van der Waals surface area contributed by atoms with E-state index in [4.69, 9.17) is 4.42 Å². The van der Waals surface area contributed by atoms with Gasteiger partial charge in [-0.25, -0.2) is 9.97 Å². The van der Waals surface area contributed by atoms with Crippen molar-refractivity contribution in [2.24, 2.45) is 5.92 Å². The molecule has 2 unspecified atom stereocenters. The molecule has 5 nitrogen and oxygen atoms in total. The van der Waals surface area contributed by atoms with Gasteiger partial charge < -0.3 is 9.73 Å². The lowest BCUT2D eigenvalue weighted by atomic mass is 9.99. The van der Waals surface area contributed by atoms with Crippen molar-refractivity contribution >= 4 is 27.9 Å². The zero-order chi connectivity index (χ0) is 16.5. The minimum atomic E-state index is 0.474. The minimum absolute atomic E-state index is 0.474. The molecular weight excluding hydrogens is 300 g/mol. The fraction of sp³-hybridized carbons (Fsp3) is 0.474. The van der Waals surface area contributed by atoms with Gasteiger partial charge in [0.05, 0.1) is 0 Å². The van der Waals surface area contributed by atoms with Crippen molar-refractivity contribution in [1.29, 1.82) is 0 Å². The summed E-state index contributed by atoms with van der Waals surface area (Å²) < 4.78 is 5.98. The molecule has 126 valence electrons. The molecule has 0 saturated carbocycles. The molecule has 1 aliphatic rings. The van der Waals surface area contributed by atoms with E-state index in [9.17, 15) is 0 Å². The number of aromatic nitrogens is 2. The minimum Gasteiger partial charge on any atom is -0.450 e. The van der Waals surface area contributed by atoms with Gasteiger partial charge in [-0.2, -0.15) is 0 Å². The van der Waals surface area contributed by atoms with Gasteiger partial charge in [-0.05, 0) is 44.4 Å². The number of para-hydroxylation sites is 1. The Bertz CT molecular complexity index is 844. The number of furan rings is 1. The van der Waals surface area contributed by atoms with Crippen LogP contribution in [-0.4, -0.2) is 40.5 Å². The molecule has 1 aromatic carbocycles. The van der Waals surface area contributed by atoms with Gasteiger partial charge in [-0.3, -0.25) is 4.90 Å². The summed E-state index contributed by atoms with van der Waals surface area (Å²) in [6.07, 6.45) is 4.26. The topological polar surface area (TPSA) is 54.2 Å². The zero-order valence-corrected chi connectivity index (χ0v) is 14.3. The second kappa shape index (κ2) is 6.40. The number of fused-ring (bicyclic) bond motifs is 3. The molecule has 0 radical (unpaired) electrons. The molecule has 24 heavy (non-hydrogen) atoms. The molecule has 3 aromatic rings. The summed E-state index contributed by atoms with van der Waals surface area (Å²) in [7, 11) is 0. The van der Waals surface area contributed by atoms with Crippen LogP contribution in [0.4, 0.5) is 5.82 Å². The van der Waals surface area contributed by atoms with E-state index in [1.807, 2.05) is 24.3 Å². The van der Waals surface area contributed by atoms with Crippen molar-refractivity contribution in [2.45, 2.75) is 32.7 Å². The predicted octanol–water partition coefficient (Wildman–Crippen LogP) is 3.91. The van der Waals surface area contributed by atoms with E-state index in [-0.39, 0.29) is 0 Å². The summed E-state index contributed by atoms with van der Waals surface area (Å²) in [5, 5.41) is 4.51. The van der Waals surface area contributed by atoms with Crippen LogP contribution in [0, 0.1) is 5.92 Å². The van der Waals surface area contributed by atoms with Crippen LogP contribution < -0.4 is 5.32 Å². The summed E-state index contributed by atoms with van der Waals surface area (Å²) in [6, 6.07) is 8.47. The van der Waals surface area contributed by atoms with Crippen LogP contribution in [-0.2, 0) is 0 Å². The normalized spacial score (nSPS) is 20.5. The van der Waals surface area contributed by atoms with Gasteiger partial charge in [0.15, 0.2) is 11.4 Å². The SMILES string of the molecule is CC1CCCN(C(C)CNc2ncnc3c2oc2ccccc23)C1. The molecule has 1 N–H and O–H groups in total. The summed E-state index contributed by atoms with van der Waals surface area (Å²) in [5.41, 5.74) is 2.48. The molecule has 4 rings (SSSR count). The maximum absolute atomic E-state index is 5.98. The van der Waals surface area contributed by atoms with Crippen LogP contribution in [0.3, 0.4) is 0 Å². The Hall–Kier alpha value is -2.14. The van der Waals surface area contributed by atoms with Crippen LogP contribution >= 0.6 is 0 Å². The summed E-state index contributed by atoms with van der Waals surface area (Å²) in [4.78, 5) is 11.4. The van der Waals surface area contributed by atoms with Gasteiger partial charge >= 0.3 is 0 Å². The van der Waals surface area contributed by atoms with Gasteiger partial charge in [0, 0.05) is 24.5 Å². The highest BCUT2D eigenvalue weighted by Crippen LogP contribution is 2.30. The molecule has 1 fully saturated rings. The monoisotopic (exact) mass is 324 g/mol. The number of benzene rings is 1. The molecule has 0 aliphatic carbocycles. The Labute approximate surface area is 142 Å². The average molecular weight is 324 g/mol. The fourth-order valence-electron chi connectivity index (χ4n) is 3.65. The van der Waals surface area contributed by atoms with E-state index in [2.05, 4.69) is 34.0 Å². The van der Waals surface area contributed by atoms with E-state index in [1.54, 1.807) is 6.33 Å². The van der Waals surface area contributed by atoms with Crippen molar-refractivity contribution in [3.8, 4) is 0 Å². The lowest BCUT2D eigenvalue weighted by molar-refractivity contribution is 0.144. The van der Waals surface area contributed by atoms with Gasteiger partial charge in [-0.1, -0.05) is 19.1 Å². The third-order valence-electron chi connectivity index (χ3n) is 5.03. The average Bonchev–Trinajstić information content (AvgIpc) is 2.99. The van der Waals surface area contributed by atoms with Crippen LogP contribution in [0.1, 0.15) is 26.7 Å². The second-order valence-corrected chi connectivity index (χ2v) is 6.97. The number of hydrogen-bond donors (Lipinski definition) is 1. The van der Waals surface area contributed by atoms with Crippen molar-refractivity contribution in [3.63, 3.8) is 0 Å². The van der Waals surface area contributed by atoms with E-state index in [0.29, 0.717) is 6.04 Å². The highest BCUT2D eigenvalue weighted by Gasteiger charge is 2.21. The second-order valence-electron chi connectivity index (χ2n) is 6.97. The van der Waals surface area contributed by atoms with Gasteiger partial charge in [0.2, 0.25) is 0 Å². The van der Waals surface area contributed by atoms with Crippen molar-refractivity contribution < 1.29 is 4.42 Å². The van der Waals surface area contributed by atoms with Crippen LogP contribution in [0.2, 0.25) is 0 Å². The third-order valence-corrected chi connectivity index (χ3v) is 5.03. The predicted molar refractivity (Wildman–Crippen MR) is 97.2 cm³/mol. The van der Waals surface area contributed by atoms with Crippen LogP contribution in [0.5, 0.6) is 0 Å². The number of piperidine rings is 1. The zero-order valence-electron chi connectivity index (χ0n) is 14.3. The summed E-state index contributed by atoms with van der Waals surface area (Å²) >= 11 is 0. The number of nitrogens with zero attached hydrogens (tertiary/aromatic N) is 3. The molecule has 1 saturated heterocycles. The fourth-order valence-corrected chi connectivity index (χ4v) is 3.65. The van der Waals surface area contributed by atoms with E-state index >= 15 is 0 Å². The maximum Gasteiger partial charge on any atom is 0.196 e. The van der Waals surface area contributed by atoms with Gasteiger partial charge in [-0.15, -0.1) is 0 Å². The van der Waals surface area contributed by atoms with E-state index in [1.165, 1.54) is 25.9 Å². The molecule has 5 heteroatoms. The number of anilines is 1. The van der Waals surface area contributed by atoms with Crippen LogP contribution in [0.25, 0.3) is 22.1 Å². The van der Waals surface area contributed by atoms with E-state index < -0.39 is 0 Å². The first kappa shape index (κ1) is 15.4. The van der Waals surface area contributed by atoms with Crippen molar-refractivity contribution in [1.82, 2.24) is 14.9 Å². The largest absolute Gasteiger partial charge is 0.450 e. The Kier molecular flexibility index (Phi) is 4.10. The Morgan fingerprint density at radius 1 is 1.33 bits per heavy atom. The first-order valence-corrected chi connectivity index (χ1v) is 8.82. The standard InChI is InChI=1S/C19H24N4O/c1-13-6-5-9-23(11-13)14(2)10-20-19-18-17(21-12-22-19)15-7-3-4-8-16(15)24-18/h3-4,7-8,12-14H,5-6,9-11H2,1-2H3,(H,20,21,22). The molecular formula is C19H24N4O. The number of likely N-dealkylation sites (tertiary alicyclic amines) is 1. The molecule has 2 aromatic heterocycles. The molecule has 3 heterocycles. The first-order chi connectivity index (χ1) is 11.7. The van der Waals surface area contributed by atoms with Crippen molar-refractivity contribution in [2.75, 3.05) is 25.0 Å². The Morgan fingerprint density at radius 2 is 2.21 bits per heavy atom. The quantitative estimate of drug-likeness (QED) is 0.788. The van der Waals surface area contributed by atoms with Gasteiger partial charge in [0.1, 0.15) is 17.4 Å². The number of rotatable bonds is 4. The summed E-state index contributed by atoms with van der Waals surface area (Å²) in [6.45, 7) is 7.86. The summed E-state index contributed by atoms with van der Waals surface area (Å²) in [5.74, 6) is 1.58. The highest BCUT2D eigenvalue weighted by molar-refractivity contribution is 6.05. The van der Waals surface area contributed by atoms with Crippen LogP contribution in [0.15, 0.2) is 35.0 Å². The van der Waals surface area contributed by atoms with Gasteiger partial charge in [0.25, 0.3) is 0 Å². The molecule has 2 atom stereocenters. The van der Waals surface area contributed by atoms with E-state index in [0.717, 1.165) is 40.3 Å². The first-order valence-electron chi connectivity index (χ1n) is 8.82. The number of hydrogen-bond acceptors (Lipinski definition) is 5. The number of nitrogens with one attached hydrogen (secondary N) is 1. The molecule has 0 spiro atoms. The lowest BCUT2D eigenvalue weighted by Crippen LogP contribution is -2.43. The Balaban J connectivity index is 1.54. The maximum atomic E-state index is 5.98. The Morgan fingerprint density at radius 3 is 3.08 bits per heavy atom. The van der Waals surface area contributed by atoms with Crippen molar-refractivity contribution in [3.05, 3.63) is 30.6 Å². The smallest absolute Gasteiger partial charge is 0.196 e. The molecule has 1 aliphatic heterocycles. The molecule has 0 bridgehead atoms.